The molecule has 0 saturated heterocycles. The van der Waals surface area contributed by atoms with Gasteiger partial charge in [-0.05, 0) is 23.6 Å². The zero-order chi connectivity index (χ0) is 20.8. The van der Waals surface area contributed by atoms with Crippen molar-refractivity contribution in [3.8, 4) is 12.1 Å². The molecule has 2 aromatic rings. The molecule has 1 amide bonds. The average molecular weight is 401 g/mol. The summed E-state index contributed by atoms with van der Waals surface area (Å²) in [5.74, 6) is -0.0422. The molecule has 3 rings (SSSR count). The highest BCUT2D eigenvalue weighted by molar-refractivity contribution is 8.00. The second-order valence-corrected chi connectivity index (χ2v) is 7.37. The van der Waals surface area contributed by atoms with Crippen molar-refractivity contribution in [3.63, 3.8) is 0 Å². The fourth-order valence-corrected chi connectivity index (χ4v) is 4.19. The number of aromatic nitrogens is 1. The Kier molecular flexibility index (Phi) is 6.33. The number of rotatable bonds is 6. The zero-order valence-electron chi connectivity index (χ0n) is 15.9. The molecule has 6 nitrogen and oxygen atoms in total. The number of allylic oxidation sites excluding steroid dienone is 2. The van der Waals surface area contributed by atoms with Gasteiger partial charge in [-0.1, -0.05) is 61.2 Å². The Balaban J connectivity index is 2.16. The predicted octanol–water partition coefficient (Wildman–Crippen LogP) is 3.60. The summed E-state index contributed by atoms with van der Waals surface area (Å²) in [4.78, 5) is 18.7. The van der Waals surface area contributed by atoms with Gasteiger partial charge < -0.3 is 10.6 Å². The number of hydrogen-bond acceptors (Lipinski definition) is 6. The highest BCUT2D eigenvalue weighted by Crippen LogP contribution is 2.39. The Hall–Kier alpha value is -3.55. The van der Waals surface area contributed by atoms with Crippen LogP contribution in [0.2, 0.25) is 0 Å². The van der Waals surface area contributed by atoms with Crippen LogP contribution in [0.25, 0.3) is 0 Å². The van der Waals surface area contributed by atoms with E-state index in [9.17, 15) is 15.3 Å². The monoisotopic (exact) mass is 401 g/mol. The predicted molar refractivity (Wildman–Crippen MR) is 113 cm³/mol. The molecule has 0 saturated carbocycles. The SMILES string of the molecule is CCc1c(C#N)c(SC(C(N)=O)c2ccccc2)nc(N2C=CC=CC2)c1C#N. The van der Waals surface area contributed by atoms with E-state index in [4.69, 9.17) is 5.73 Å². The van der Waals surface area contributed by atoms with Crippen molar-refractivity contribution in [2.75, 3.05) is 11.4 Å². The number of amides is 1. The van der Waals surface area contributed by atoms with Gasteiger partial charge in [-0.2, -0.15) is 10.5 Å². The molecule has 0 bridgehead atoms. The number of carbonyl (C=O) groups excluding carboxylic acids is 1. The van der Waals surface area contributed by atoms with Gasteiger partial charge in [0.1, 0.15) is 22.4 Å². The number of nitrogens with two attached hydrogens (primary N) is 1. The molecule has 7 heteroatoms. The molecule has 0 radical (unpaired) electrons. The van der Waals surface area contributed by atoms with Crippen molar-refractivity contribution in [2.24, 2.45) is 5.73 Å². The van der Waals surface area contributed by atoms with E-state index in [0.717, 1.165) is 17.3 Å². The van der Waals surface area contributed by atoms with E-state index in [-0.39, 0.29) is 0 Å². The molecular formula is C22H19N5OS. The maximum atomic E-state index is 12.2. The maximum Gasteiger partial charge on any atom is 0.235 e. The summed E-state index contributed by atoms with van der Waals surface area (Å²) in [5, 5.41) is 19.3. The summed E-state index contributed by atoms with van der Waals surface area (Å²) < 4.78 is 0. The lowest BCUT2D eigenvalue weighted by atomic mass is 10.0. The van der Waals surface area contributed by atoms with E-state index in [0.29, 0.717) is 40.5 Å². The van der Waals surface area contributed by atoms with Crippen LogP contribution in [-0.4, -0.2) is 17.4 Å². The van der Waals surface area contributed by atoms with Crippen LogP contribution in [0.4, 0.5) is 5.82 Å². The molecule has 1 atom stereocenters. The van der Waals surface area contributed by atoms with Gasteiger partial charge in [0.2, 0.25) is 5.91 Å². The van der Waals surface area contributed by atoms with Crippen LogP contribution in [0.1, 0.15) is 34.4 Å². The van der Waals surface area contributed by atoms with Gasteiger partial charge in [-0.15, -0.1) is 0 Å². The van der Waals surface area contributed by atoms with Crippen LogP contribution in [0.15, 0.2) is 59.8 Å². The Morgan fingerprint density at radius 1 is 1.24 bits per heavy atom. The summed E-state index contributed by atoms with van der Waals surface area (Å²) in [6, 6.07) is 13.5. The average Bonchev–Trinajstić information content (AvgIpc) is 2.77. The number of anilines is 1. The molecule has 0 fully saturated rings. The molecule has 1 unspecified atom stereocenters. The molecule has 0 spiro atoms. The molecule has 0 aliphatic carbocycles. The molecule has 1 aliphatic heterocycles. The lowest BCUT2D eigenvalue weighted by molar-refractivity contribution is -0.117. The molecule has 2 heterocycles. The van der Waals surface area contributed by atoms with Crippen LogP contribution in [0, 0.1) is 22.7 Å². The van der Waals surface area contributed by atoms with Crippen LogP contribution in [0.5, 0.6) is 0 Å². The number of carbonyl (C=O) groups is 1. The van der Waals surface area contributed by atoms with Gasteiger partial charge in [0, 0.05) is 12.7 Å². The van der Waals surface area contributed by atoms with Gasteiger partial charge in [0.05, 0.1) is 11.1 Å². The first-order valence-corrected chi connectivity index (χ1v) is 9.96. The van der Waals surface area contributed by atoms with Gasteiger partial charge >= 0.3 is 0 Å². The van der Waals surface area contributed by atoms with Gasteiger partial charge in [-0.3, -0.25) is 4.79 Å². The molecular weight excluding hydrogens is 382 g/mol. The van der Waals surface area contributed by atoms with Crippen molar-refractivity contribution in [1.82, 2.24) is 4.98 Å². The third-order valence-corrected chi connectivity index (χ3v) is 5.76. The van der Waals surface area contributed by atoms with Crippen molar-refractivity contribution < 1.29 is 4.79 Å². The minimum Gasteiger partial charge on any atom is -0.368 e. The highest BCUT2D eigenvalue weighted by Gasteiger charge is 2.26. The first-order valence-electron chi connectivity index (χ1n) is 9.08. The number of benzene rings is 1. The molecule has 144 valence electrons. The smallest absolute Gasteiger partial charge is 0.235 e. The summed E-state index contributed by atoms with van der Waals surface area (Å²) in [6.45, 7) is 2.46. The van der Waals surface area contributed by atoms with Crippen molar-refractivity contribution in [1.29, 1.82) is 10.5 Å². The third-order valence-electron chi connectivity index (χ3n) is 4.50. The molecule has 1 aliphatic rings. The van der Waals surface area contributed by atoms with Gasteiger partial charge in [0.25, 0.3) is 0 Å². The first kappa shape index (κ1) is 20.2. The summed E-state index contributed by atoms with van der Waals surface area (Å²) in [7, 11) is 0. The van der Waals surface area contributed by atoms with E-state index in [1.165, 1.54) is 0 Å². The van der Waals surface area contributed by atoms with Crippen molar-refractivity contribution in [3.05, 3.63) is 77.0 Å². The number of pyridine rings is 1. The Bertz CT molecular complexity index is 1060. The Labute approximate surface area is 174 Å². The molecule has 2 N–H and O–H groups in total. The molecule has 29 heavy (non-hydrogen) atoms. The van der Waals surface area contributed by atoms with Crippen molar-refractivity contribution >= 4 is 23.5 Å². The largest absolute Gasteiger partial charge is 0.368 e. The lowest BCUT2D eigenvalue weighted by Gasteiger charge is -2.24. The Morgan fingerprint density at radius 3 is 2.52 bits per heavy atom. The second kappa shape index (κ2) is 9.09. The standard InChI is InChI=1S/C22H19N5OS/c1-2-16-17(13-23)21(27-11-7-4-8-12-27)26-22(18(16)14-24)29-19(20(25)28)15-9-5-3-6-10-15/h3-11,19H,2,12H2,1H3,(H2,25,28). The summed E-state index contributed by atoms with van der Waals surface area (Å²) in [5.41, 5.74) is 7.72. The van der Waals surface area contributed by atoms with Gasteiger partial charge in [-0.25, -0.2) is 4.98 Å². The van der Waals surface area contributed by atoms with Crippen molar-refractivity contribution in [2.45, 2.75) is 23.6 Å². The molecule has 1 aromatic heterocycles. The quantitative estimate of drug-likeness (QED) is 0.741. The minimum absolute atomic E-state index is 0.316. The van der Waals surface area contributed by atoms with E-state index < -0.39 is 11.2 Å². The minimum atomic E-state index is -0.696. The number of primary amides is 1. The fraction of sp³-hybridized carbons (Fsp3) is 0.182. The number of nitrogens with zero attached hydrogens (tertiary/aromatic N) is 4. The zero-order valence-corrected chi connectivity index (χ0v) is 16.7. The van der Waals surface area contributed by atoms with E-state index >= 15 is 0 Å². The van der Waals surface area contributed by atoms with Crippen LogP contribution in [0.3, 0.4) is 0 Å². The lowest BCUT2D eigenvalue weighted by Crippen LogP contribution is -2.22. The summed E-state index contributed by atoms with van der Waals surface area (Å²) in [6.07, 6.45) is 8.07. The van der Waals surface area contributed by atoms with E-state index in [2.05, 4.69) is 17.1 Å². The second-order valence-electron chi connectivity index (χ2n) is 6.28. The molecule has 1 aromatic carbocycles. The number of thioether (sulfide) groups is 1. The highest BCUT2D eigenvalue weighted by atomic mass is 32.2. The summed E-state index contributed by atoms with van der Waals surface area (Å²) >= 11 is 1.14. The topological polar surface area (TPSA) is 107 Å². The van der Waals surface area contributed by atoms with E-state index in [1.54, 1.807) is 0 Å². The number of hydrogen-bond donors (Lipinski definition) is 1. The van der Waals surface area contributed by atoms with Crippen LogP contribution < -0.4 is 10.6 Å². The fourth-order valence-electron chi connectivity index (χ4n) is 3.13. The van der Waals surface area contributed by atoms with E-state index in [1.807, 2.05) is 66.6 Å². The number of nitriles is 2. The Morgan fingerprint density at radius 2 is 1.97 bits per heavy atom. The first-order chi connectivity index (χ1) is 14.1. The normalized spacial score (nSPS) is 13.6. The van der Waals surface area contributed by atoms with Crippen LogP contribution in [-0.2, 0) is 11.2 Å². The van der Waals surface area contributed by atoms with Crippen LogP contribution >= 0.6 is 11.8 Å². The third kappa shape index (κ3) is 4.16. The maximum absolute atomic E-state index is 12.2. The van der Waals surface area contributed by atoms with Gasteiger partial charge in [0.15, 0.2) is 5.82 Å².